The number of hydrogen-bond donors (Lipinski definition) is 2. The van der Waals surface area contributed by atoms with Gasteiger partial charge in [-0.2, -0.15) is 4.31 Å². The predicted octanol–water partition coefficient (Wildman–Crippen LogP) is -0.119. The van der Waals surface area contributed by atoms with Gasteiger partial charge >= 0.3 is 5.97 Å². The van der Waals surface area contributed by atoms with E-state index in [9.17, 15) is 18.3 Å². The third-order valence-electron chi connectivity index (χ3n) is 5.42. The van der Waals surface area contributed by atoms with E-state index >= 15 is 0 Å². The summed E-state index contributed by atoms with van der Waals surface area (Å²) in [5.41, 5.74) is 1.08. The molecule has 0 amide bonds. The summed E-state index contributed by atoms with van der Waals surface area (Å²) >= 11 is 0. The Hall–Kier alpha value is -1.68. The van der Waals surface area contributed by atoms with Crippen LogP contribution in [-0.2, 0) is 19.6 Å². The van der Waals surface area contributed by atoms with E-state index in [0.717, 1.165) is 11.4 Å². The zero-order chi connectivity index (χ0) is 19.5. The summed E-state index contributed by atoms with van der Waals surface area (Å²) in [4.78, 5) is 13.0. The maximum atomic E-state index is 13.1. The van der Waals surface area contributed by atoms with Crippen molar-refractivity contribution in [1.29, 1.82) is 0 Å². The Balaban J connectivity index is 1.69. The lowest BCUT2D eigenvalue weighted by molar-refractivity contribution is -0.837. The molecule has 9 heteroatoms. The Labute approximate surface area is 159 Å². The molecule has 2 fully saturated rings. The molecule has 2 N–H and O–H groups in total. The van der Waals surface area contributed by atoms with Gasteiger partial charge in [0.05, 0.1) is 32.8 Å². The molecule has 0 unspecified atom stereocenters. The molecule has 3 rings (SSSR count). The number of rotatable bonds is 6. The SMILES string of the molecule is CCOc1ccc([NH+]2CCN(S(=O)(=O)C3(C(=O)O)CCOCC3)CC2)cc1. The van der Waals surface area contributed by atoms with Crippen molar-refractivity contribution < 1.29 is 32.7 Å². The third kappa shape index (κ3) is 3.82. The summed E-state index contributed by atoms with van der Waals surface area (Å²) in [6.45, 7) is 4.66. The normalized spacial score (nSPS) is 21.7. The van der Waals surface area contributed by atoms with Crippen molar-refractivity contribution in [2.75, 3.05) is 46.0 Å². The quantitative estimate of drug-likeness (QED) is 0.692. The fourth-order valence-corrected chi connectivity index (χ4v) is 5.83. The van der Waals surface area contributed by atoms with Gasteiger partial charge in [-0.25, -0.2) is 8.42 Å². The largest absolute Gasteiger partial charge is 0.494 e. The molecule has 0 aliphatic carbocycles. The number of carboxylic acid groups (broad SMARTS) is 1. The van der Waals surface area contributed by atoms with E-state index in [4.69, 9.17) is 9.47 Å². The van der Waals surface area contributed by atoms with E-state index in [0.29, 0.717) is 32.8 Å². The first-order chi connectivity index (χ1) is 12.9. The number of benzene rings is 1. The summed E-state index contributed by atoms with van der Waals surface area (Å²) < 4.78 is 36.5. The van der Waals surface area contributed by atoms with Crippen LogP contribution in [0.4, 0.5) is 5.69 Å². The molecule has 0 atom stereocenters. The average molecular weight is 399 g/mol. The van der Waals surface area contributed by atoms with Crippen LogP contribution in [0.1, 0.15) is 19.8 Å². The van der Waals surface area contributed by atoms with Crippen molar-refractivity contribution in [1.82, 2.24) is 4.31 Å². The maximum Gasteiger partial charge on any atom is 0.326 e. The Morgan fingerprint density at radius 2 is 1.81 bits per heavy atom. The van der Waals surface area contributed by atoms with E-state index in [1.807, 2.05) is 31.2 Å². The smallest absolute Gasteiger partial charge is 0.326 e. The minimum absolute atomic E-state index is 0.00334. The second-order valence-corrected chi connectivity index (χ2v) is 9.12. The van der Waals surface area contributed by atoms with Crippen LogP contribution < -0.4 is 9.64 Å². The molecule has 27 heavy (non-hydrogen) atoms. The third-order valence-corrected chi connectivity index (χ3v) is 8.04. The number of hydrogen-bond acceptors (Lipinski definition) is 5. The second-order valence-electron chi connectivity index (χ2n) is 6.88. The van der Waals surface area contributed by atoms with Crippen molar-refractivity contribution in [3.05, 3.63) is 24.3 Å². The number of piperazine rings is 1. The summed E-state index contributed by atoms with van der Waals surface area (Å²) in [7, 11) is -3.95. The fourth-order valence-electron chi connectivity index (χ4n) is 3.77. The molecule has 2 aliphatic rings. The molecule has 2 saturated heterocycles. The second kappa shape index (κ2) is 8.14. The van der Waals surface area contributed by atoms with Crippen LogP contribution in [0.3, 0.4) is 0 Å². The van der Waals surface area contributed by atoms with Gasteiger partial charge in [0.25, 0.3) is 0 Å². The lowest BCUT2D eigenvalue weighted by Crippen LogP contribution is -3.10. The van der Waals surface area contributed by atoms with Gasteiger partial charge in [-0.15, -0.1) is 0 Å². The number of nitrogens with zero attached hydrogens (tertiary/aromatic N) is 1. The van der Waals surface area contributed by atoms with Crippen molar-refractivity contribution >= 4 is 21.7 Å². The van der Waals surface area contributed by atoms with E-state index < -0.39 is 20.7 Å². The van der Waals surface area contributed by atoms with Gasteiger partial charge in [0, 0.05) is 38.2 Å². The fraction of sp³-hybridized carbons (Fsp3) is 0.611. The molecule has 2 heterocycles. The zero-order valence-electron chi connectivity index (χ0n) is 15.5. The molecule has 1 aromatic carbocycles. The van der Waals surface area contributed by atoms with Gasteiger partial charge in [-0.05, 0) is 19.1 Å². The molecule has 0 spiro atoms. The van der Waals surface area contributed by atoms with Crippen LogP contribution in [0, 0.1) is 0 Å². The lowest BCUT2D eigenvalue weighted by atomic mass is 9.99. The molecule has 8 nitrogen and oxygen atoms in total. The highest BCUT2D eigenvalue weighted by atomic mass is 32.2. The van der Waals surface area contributed by atoms with Crippen LogP contribution in [0.5, 0.6) is 5.75 Å². The molecule has 0 aromatic heterocycles. The van der Waals surface area contributed by atoms with E-state index in [2.05, 4.69) is 0 Å². The van der Waals surface area contributed by atoms with Crippen LogP contribution in [0.25, 0.3) is 0 Å². The van der Waals surface area contributed by atoms with Crippen molar-refractivity contribution in [3.8, 4) is 5.75 Å². The van der Waals surface area contributed by atoms with Gasteiger partial charge in [-0.3, -0.25) is 4.79 Å². The first-order valence-corrected chi connectivity index (χ1v) is 10.7. The Morgan fingerprint density at radius 3 is 2.33 bits per heavy atom. The van der Waals surface area contributed by atoms with Gasteiger partial charge in [0.1, 0.15) is 11.4 Å². The Morgan fingerprint density at radius 1 is 1.22 bits per heavy atom. The number of sulfonamides is 1. The molecule has 0 saturated carbocycles. The monoisotopic (exact) mass is 399 g/mol. The van der Waals surface area contributed by atoms with Gasteiger partial charge < -0.3 is 19.5 Å². The van der Waals surface area contributed by atoms with Crippen molar-refractivity contribution in [3.63, 3.8) is 0 Å². The molecule has 0 radical (unpaired) electrons. The molecular formula is C18H27N2O6S+. The standard InChI is InChI=1S/C18H26N2O6S/c1-2-26-16-5-3-15(4-6-16)19-9-11-20(12-10-19)27(23,24)18(17(21)22)7-13-25-14-8-18/h3-6H,2,7-14H2,1H3,(H,21,22)/p+1. The molecule has 1 aromatic rings. The van der Waals surface area contributed by atoms with E-state index in [-0.39, 0.29) is 26.1 Å². The number of aliphatic carboxylic acids is 1. The predicted molar refractivity (Wildman–Crippen MR) is 98.9 cm³/mol. The van der Waals surface area contributed by atoms with Crippen molar-refractivity contribution in [2.45, 2.75) is 24.5 Å². The summed E-state index contributed by atoms with van der Waals surface area (Å²) in [6, 6.07) is 7.80. The molecule has 150 valence electrons. The first-order valence-electron chi connectivity index (χ1n) is 9.29. The molecule has 2 aliphatic heterocycles. The summed E-state index contributed by atoms with van der Waals surface area (Å²) in [5, 5.41) is 9.68. The highest BCUT2D eigenvalue weighted by Crippen LogP contribution is 2.33. The topological polar surface area (TPSA) is 97.6 Å². The lowest BCUT2D eigenvalue weighted by Gasteiger charge is -2.39. The molecule has 0 bridgehead atoms. The number of nitrogens with one attached hydrogen (secondary N) is 1. The number of carboxylic acids is 1. The Kier molecular flexibility index (Phi) is 6.05. The van der Waals surface area contributed by atoms with E-state index in [1.54, 1.807) is 0 Å². The number of ether oxygens (including phenoxy) is 2. The van der Waals surface area contributed by atoms with Crippen molar-refractivity contribution in [2.24, 2.45) is 0 Å². The average Bonchev–Trinajstić information content (AvgIpc) is 2.69. The van der Waals surface area contributed by atoms with Gasteiger partial charge in [0.2, 0.25) is 10.0 Å². The minimum atomic E-state index is -3.95. The van der Waals surface area contributed by atoms with Gasteiger partial charge in [-0.1, -0.05) is 0 Å². The van der Waals surface area contributed by atoms with Crippen LogP contribution in [-0.4, -0.2) is 74.5 Å². The minimum Gasteiger partial charge on any atom is -0.494 e. The van der Waals surface area contributed by atoms with E-state index in [1.165, 1.54) is 9.21 Å². The summed E-state index contributed by atoms with van der Waals surface area (Å²) in [6.07, 6.45) is -0.00669. The van der Waals surface area contributed by atoms with Crippen LogP contribution in [0.2, 0.25) is 0 Å². The Bertz CT molecular complexity index is 751. The number of carbonyl (C=O) groups is 1. The zero-order valence-corrected chi connectivity index (χ0v) is 16.3. The highest BCUT2D eigenvalue weighted by molar-refractivity contribution is 7.91. The van der Waals surface area contributed by atoms with Crippen LogP contribution in [0.15, 0.2) is 24.3 Å². The maximum absolute atomic E-state index is 13.1. The number of quaternary nitrogens is 1. The highest BCUT2D eigenvalue weighted by Gasteiger charge is 2.55. The molecular weight excluding hydrogens is 372 g/mol. The van der Waals surface area contributed by atoms with Crippen LogP contribution >= 0.6 is 0 Å². The first kappa shape index (κ1) is 20.1. The summed E-state index contributed by atoms with van der Waals surface area (Å²) in [5.74, 6) is -0.461. The van der Waals surface area contributed by atoms with Gasteiger partial charge in [0.15, 0.2) is 4.75 Å².